The highest BCUT2D eigenvalue weighted by Crippen LogP contribution is 2.23. The normalized spacial score (nSPS) is 11.1. The number of aliphatic hydroxyl groups is 1. The number of hydrogen-bond acceptors (Lipinski definition) is 4. The van der Waals surface area contributed by atoms with Gasteiger partial charge in [0.15, 0.2) is 11.5 Å². The van der Waals surface area contributed by atoms with E-state index in [-0.39, 0.29) is 6.61 Å². The predicted molar refractivity (Wildman–Crippen MR) is 66.1 cm³/mol. The van der Waals surface area contributed by atoms with Crippen molar-refractivity contribution in [3.05, 3.63) is 36.7 Å². The molecule has 0 fully saturated rings. The molecule has 2 heterocycles. The van der Waals surface area contributed by atoms with Crippen molar-refractivity contribution in [2.45, 2.75) is 0 Å². The Balaban J connectivity index is 2.29. The molecule has 5 nitrogen and oxygen atoms in total. The number of nitrogens with one attached hydrogen (secondary N) is 1. The predicted octanol–water partition coefficient (Wildman–Crippen LogP) is 1.29. The van der Waals surface area contributed by atoms with Crippen molar-refractivity contribution >= 4 is 22.2 Å². The Kier molecular flexibility index (Phi) is 2.38. The van der Waals surface area contributed by atoms with E-state index >= 15 is 0 Å². The fourth-order valence-corrected chi connectivity index (χ4v) is 1.92. The van der Waals surface area contributed by atoms with E-state index in [0.717, 1.165) is 22.2 Å². The molecule has 0 aliphatic heterocycles. The van der Waals surface area contributed by atoms with Gasteiger partial charge in [-0.15, -0.1) is 5.10 Å². The quantitative estimate of drug-likeness (QED) is 0.709. The molecule has 0 saturated carbocycles. The van der Waals surface area contributed by atoms with E-state index in [1.807, 2.05) is 30.5 Å². The Morgan fingerprint density at radius 2 is 2.06 bits per heavy atom. The zero-order valence-corrected chi connectivity index (χ0v) is 9.17. The Morgan fingerprint density at radius 3 is 2.88 bits per heavy atom. The molecular weight excluding hydrogens is 216 g/mol. The van der Waals surface area contributed by atoms with Gasteiger partial charge in [0.1, 0.15) is 0 Å². The van der Waals surface area contributed by atoms with Gasteiger partial charge in [-0.25, -0.2) is 9.50 Å². The van der Waals surface area contributed by atoms with Crippen LogP contribution in [0.1, 0.15) is 0 Å². The molecule has 3 rings (SSSR count). The summed E-state index contributed by atoms with van der Waals surface area (Å²) in [6, 6.07) is 7.96. The maximum atomic E-state index is 8.86. The molecule has 86 valence electrons. The number of rotatable bonds is 3. The molecule has 0 amide bonds. The summed E-state index contributed by atoms with van der Waals surface area (Å²) in [5.74, 6) is 0.764. The van der Waals surface area contributed by atoms with Crippen molar-refractivity contribution in [3.63, 3.8) is 0 Å². The van der Waals surface area contributed by atoms with Crippen LogP contribution in [0.3, 0.4) is 0 Å². The van der Waals surface area contributed by atoms with Gasteiger partial charge in [-0.05, 0) is 0 Å². The molecule has 0 spiro atoms. The van der Waals surface area contributed by atoms with E-state index in [2.05, 4.69) is 15.4 Å². The van der Waals surface area contributed by atoms with E-state index in [1.165, 1.54) is 0 Å². The summed E-state index contributed by atoms with van der Waals surface area (Å²) in [6.45, 7) is 0.565. The molecule has 3 aromatic rings. The van der Waals surface area contributed by atoms with Gasteiger partial charge in [-0.2, -0.15) is 0 Å². The van der Waals surface area contributed by atoms with Crippen LogP contribution in [0.4, 0.5) is 5.82 Å². The Labute approximate surface area is 97.7 Å². The molecule has 5 heteroatoms. The molecule has 1 aromatic carbocycles. The molecule has 0 radical (unpaired) electrons. The van der Waals surface area contributed by atoms with E-state index < -0.39 is 0 Å². The lowest BCUT2D eigenvalue weighted by Gasteiger charge is -2.08. The Bertz CT molecular complexity index is 662. The first-order valence-corrected chi connectivity index (χ1v) is 5.47. The second-order valence-electron chi connectivity index (χ2n) is 3.74. The lowest BCUT2D eigenvalue weighted by molar-refractivity contribution is 0.311. The fraction of sp³-hybridized carbons (Fsp3) is 0.167. The van der Waals surface area contributed by atoms with Gasteiger partial charge in [0.05, 0.1) is 6.61 Å². The van der Waals surface area contributed by atoms with Gasteiger partial charge in [0, 0.05) is 29.7 Å². The average Bonchev–Trinajstić information content (AvgIpc) is 2.84. The van der Waals surface area contributed by atoms with Gasteiger partial charge in [0.2, 0.25) is 0 Å². The molecule has 2 N–H and O–H groups in total. The number of aromatic nitrogens is 3. The molecule has 17 heavy (non-hydrogen) atoms. The third-order valence-corrected chi connectivity index (χ3v) is 2.66. The van der Waals surface area contributed by atoms with Crippen molar-refractivity contribution in [2.24, 2.45) is 0 Å². The van der Waals surface area contributed by atoms with Crippen molar-refractivity contribution < 1.29 is 5.11 Å². The summed E-state index contributed by atoms with van der Waals surface area (Å²) in [4.78, 5) is 4.29. The number of anilines is 1. The summed E-state index contributed by atoms with van der Waals surface area (Å²) in [5.41, 5.74) is 0.843. The third kappa shape index (κ3) is 1.60. The summed E-state index contributed by atoms with van der Waals surface area (Å²) in [5, 5.41) is 18.5. The minimum absolute atomic E-state index is 0.0813. The fourth-order valence-electron chi connectivity index (χ4n) is 1.92. The van der Waals surface area contributed by atoms with Crippen molar-refractivity contribution in [1.29, 1.82) is 0 Å². The molecule has 0 aliphatic rings. The highest BCUT2D eigenvalue weighted by Gasteiger charge is 2.07. The Hall–Kier alpha value is -2.14. The second kappa shape index (κ2) is 4.03. The number of aliphatic hydroxyl groups excluding tert-OH is 1. The lowest BCUT2D eigenvalue weighted by Crippen LogP contribution is -2.09. The van der Waals surface area contributed by atoms with Crippen LogP contribution in [0.5, 0.6) is 0 Å². The van der Waals surface area contributed by atoms with Crippen LogP contribution >= 0.6 is 0 Å². The highest BCUT2D eigenvalue weighted by molar-refractivity contribution is 5.99. The molecule has 2 aromatic heterocycles. The monoisotopic (exact) mass is 228 g/mol. The standard InChI is InChI=1S/C12H12N4O/c17-8-6-13-11-9-3-1-2-4-10(9)12-14-5-7-16(12)15-11/h1-5,7,17H,6,8H2,(H,13,15). The molecular formula is C12H12N4O. The summed E-state index contributed by atoms with van der Waals surface area (Å²) >= 11 is 0. The van der Waals surface area contributed by atoms with E-state index in [1.54, 1.807) is 10.7 Å². The minimum Gasteiger partial charge on any atom is -0.395 e. The summed E-state index contributed by atoms with van der Waals surface area (Å²) in [7, 11) is 0. The molecule has 0 saturated heterocycles. The van der Waals surface area contributed by atoms with Gasteiger partial charge in [-0.1, -0.05) is 24.3 Å². The topological polar surface area (TPSA) is 62.5 Å². The zero-order valence-electron chi connectivity index (χ0n) is 9.17. The van der Waals surface area contributed by atoms with E-state index in [0.29, 0.717) is 6.54 Å². The minimum atomic E-state index is 0.0813. The first kappa shape index (κ1) is 10.0. The summed E-state index contributed by atoms with van der Waals surface area (Å²) in [6.07, 6.45) is 3.54. The van der Waals surface area contributed by atoms with Gasteiger partial charge < -0.3 is 10.4 Å². The smallest absolute Gasteiger partial charge is 0.161 e. The van der Waals surface area contributed by atoms with Crippen molar-refractivity contribution in [2.75, 3.05) is 18.5 Å². The Morgan fingerprint density at radius 1 is 1.24 bits per heavy atom. The zero-order chi connectivity index (χ0) is 11.7. The maximum absolute atomic E-state index is 8.86. The highest BCUT2D eigenvalue weighted by atomic mass is 16.3. The van der Waals surface area contributed by atoms with E-state index in [4.69, 9.17) is 5.11 Å². The van der Waals surface area contributed by atoms with Crippen LogP contribution in [-0.2, 0) is 0 Å². The molecule has 0 atom stereocenters. The molecule has 0 unspecified atom stereocenters. The second-order valence-corrected chi connectivity index (χ2v) is 3.74. The average molecular weight is 228 g/mol. The van der Waals surface area contributed by atoms with Crippen molar-refractivity contribution in [3.8, 4) is 0 Å². The van der Waals surface area contributed by atoms with Crippen molar-refractivity contribution in [1.82, 2.24) is 14.6 Å². The maximum Gasteiger partial charge on any atom is 0.161 e. The largest absolute Gasteiger partial charge is 0.395 e. The number of benzene rings is 1. The third-order valence-electron chi connectivity index (χ3n) is 2.66. The SMILES string of the molecule is OCCNc1nn2ccnc2c2ccccc12. The van der Waals surface area contributed by atoms with E-state index in [9.17, 15) is 0 Å². The first-order chi connectivity index (χ1) is 8.40. The first-order valence-electron chi connectivity index (χ1n) is 5.47. The van der Waals surface area contributed by atoms with Crippen LogP contribution in [0, 0.1) is 0 Å². The van der Waals surface area contributed by atoms with Gasteiger partial charge in [0.25, 0.3) is 0 Å². The van der Waals surface area contributed by atoms with Crippen LogP contribution in [-0.4, -0.2) is 32.9 Å². The van der Waals surface area contributed by atoms with Crippen LogP contribution < -0.4 is 5.32 Å². The van der Waals surface area contributed by atoms with Crippen LogP contribution in [0.2, 0.25) is 0 Å². The van der Waals surface area contributed by atoms with Crippen LogP contribution in [0.25, 0.3) is 16.4 Å². The number of fused-ring (bicyclic) bond motifs is 3. The number of hydrogen-bond donors (Lipinski definition) is 2. The van der Waals surface area contributed by atoms with Crippen LogP contribution in [0.15, 0.2) is 36.7 Å². The van der Waals surface area contributed by atoms with Gasteiger partial charge in [-0.3, -0.25) is 0 Å². The van der Waals surface area contributed by atoms with Gasteiger partial charge >= 0.3 is 0 Å². The summed E-state index contributed by atoms with van der Waals surface area (Å²) < 4.78 is 1.74. The number of imidazole rings is 1. The number of nitrogens with zero attached hydrogens (tertiary/aromatic N) is 3. The molecule has 0 bridgehead atoms. The molecule has 0 aliphatic carbocycles. The lowest BCUT2D eigenvalue weighted by atomic mass is 10.2.